The highest BCUT2D eigenvalue weighted by Crippen LogP contribution is 2.31. The molecule has 0 saturated carbocycles. The number of rotatable bonds is 2. The van der Waals surface area contributed by atoms with E-state index in [1.54, 1.807) is 6.26 Å². The number of carbonyl (C=O) groups is 1. The third-order valence-electron chi connectivity index (χ3n) is 5.75. The summed E-state index contributed by atoms with van der Waals surface area (Å²) in [5.41, 5.74) is 0.935. The summed E-state index contributed by atoms with van der Waals surface area (Å²) in [6.07, 6.45) is 4.32. The molecule has 0 N–H and O–H groups in total. The van der Waals surface area contributed by atoms with E-state index in [-0.39, 0.29) is 5.91 Å². The molecule has 1 aromatic heterocycles. The summed E-state index contributed by atoms with van der Waals surface area (Å²) in [7, 11) is 0. The number of furan rings is 1. The second-order valence-electron chi connectivity index (χ2n) is 6.97. The molecular weight excluding hydrogens is 278 g/mol. The molecule has 0 aliphatic carbocycles. The van der Waals surface area contributed by atoms with Crippen molar-refractivity contribution in [3.05, 3.63) is 23.7 Å². The summed E-state index contributed by atoms with van der Waals surface area (Å²) in [5.74, 6) is 1.44. The maximum Gasteiger partial charge on any atom is 0.289 e. The van der Waals surface area contributed by atoms with Crippen LogP contribution in [-0.2, 0) is 0 Å². The highest BCUT2D eigenvalue weighted by molar-refractivity contribution is 5.92. The molecule has 5 rings (SSSR count). The predicted molar refractivity (Wildman–Crippen MR) is 83.9 cm³/mol. The van der Waals surface area contributed by atoms with Gasteiger partial charge in [-0.05, 0) is 44.8 Å². The molecule has 5 nitrogen and oxygen atoms in total. The van der Waals surface area contributed by atoms with Crippen LogP contribution in [0.2, 0.25) is 0 Å². The molecule has 2 bridgehead atoms. The van der Waals surface area contributed by atoms with Crippen LogP contribution in [0.25, 0.3) is 0 Å². The summed E-state index contributed by atoms with van der Waals surface area (Å²) in [6.45, 7) is 9.39. The molecule has 1 atom stereocenters. The molecule has 4 aliphatic heterocycles. The van der Waals surface area contributed by atoms with Crippen molar-refractivity contribution in [2.45, 2.75) is 25.8 Å². The predicted octanol–water partition coefficient (Wildman–Crippen LogP) is 1.44. The van der Waals surface area contributed by atoms with Crippen molar-refractivity contribution in [2.24, 2.45) is 5.92 Å². The van der Waals surface area contributed by atoms with Crippen LogP contribution in [0.3, 0.4) is 0 Å². The number of amides is 1. The van der Waals surface area contributed by atoms with Gasteiger partial charge in [-0.1, -0.05) is 0 Å². The Morgan fingerprint density at radius 3 is 2.41 bits per heavy atom. The molecule has 5 heteroatoms. The topological polar surface area (TPSA) is 39.9 Å². The van der Waals surface area contributed by atoms with Gasteiger partial charge in [0.1, 0.15) is 0 Å². The lowest BCUT2D eigenvalue weighted by Crippen LogP contribution is -2.61. The van der Waals surface area contributed by atoms with Gasteiger partial charge in [-0.15, -0.1) is 0 Å². The van der Waals surface area contributed by atoms with E-state index in [1.807, 2.05) is 17.9 Å². The fraction of sp³-hybridized carbons (Fsp3) is 0.706. The molecule has 5 heterocycles. The van der Waals surface area contributed by atoms with Crippen LogP contribution < -0.4 is 0 Å². The molecule has 4 aliphatic rings. The van der Waals surface area contributed by atoms with E-state index in [4.69, 9.17) is 4.42 Å². The standard InChI is InChI=1S/C17H25N3O2/c1-13-4-11-22-16(13)17(21)20-9-7-19(8-10-20)15-12-18-5-2-14(15)3-6-18/h4,11,14-15H,2-3,5-10,12H2,1H3. The number of aryl methyl sites for hydroxylation is 1. The molecular formula is C17H25N3O2. The Labute approximate surface area is 131 Å². The van der Waals surface area contributed by atoms with Crippen LogP contribution in [0.15, 0.2) is 16.7 Å². The first-order chi connectivity index (χ1) is 10.7. The van der Waals surface area contributed by atoms with Crippen LogP contribution >= 0.6 is 0 Å². The Morgan fingerprint density at radius 1 is 1.14 bits per heavy atom. The Morgan fingerprint density at radius 2 is 1.86 bits per heavy atom. The van der Waals surface area contributed by atoms with Crippen LogP contribution in [-0.4, -0.2) is 72.5 Å². The fourth-order valence-electron chi connectivity index (χ4n) is 4.34. The molecule has 0 radical (unpaired) electrons. The van der Waals surface area contributed by atoms with E-state index in [0.29, 0.717) is 11.8 Å². The number of hydrogen-bond donors (Lipinski definition) is 0. The average Bonchev–Trinajstić information content (AvgIpc) is 3.01. The van der Waals surface area contributed by atoms with Gasteiger partial charge < -0.3 is 14.2 Å². The third-order valence-corrected chi connectivity index (χ3v) is 5.75. The van der Waals surface area contributed by atoms with Crippen LogP contribution in [0, 0.1) is 12.8 Å². The molecule has 0 aromatic carbocycles. The third kappa shape index (κ3) is 2.46. The van der Waals surface area contributed by atoms with Gasteiger partial charge in [0.05, 0.1) is 6.26 Å². The Hall–Kier alpha value is -1.33. The highest BCUT2D eigenvalue weighted by atomic mass is 16.3. The van der Waals surface area contributed by atoms with Gasteiger partial charge in [-0.3, -0.25) is 9.69 Å². The average molecular weight is 303 g/mol. The fourth-order valence-corrected chi connectivity index (χ4v) is 4.34. The lowest BCUT2D eigenvalue weighted by Gasteiger charge is -2.50. The van der Waals surface area contributed by atoms with E-state index < -0.39 is 0 Å². The monoisotopic (exact) mass is 303 g/mol. The van der Waals surface area contributed by atoms with E-state index in [1.165, 1.54) is 32.5 Å². The molecule has 120 valence electrons. The summed E-state index contributed by atoms with van der Waals surface area (Å²) >= 11 is 0. The van der Waals surface area contributed by atoms with Crippen LogP contribution in [0.1, 0.15) is 29.0 Å². The Balaban J connectivity index is 1.37. The molecule has 0 spiro atoms. The van der Waals surface area contributed by atoms with E-state index in [2.05, 4.69) is 9.80 Å². The van der Waals surface area contributed by atoms with E-state index >= 15 is 0 Å². The number of piperazine rings is 1. The minimum absolute atomic E-state index is 0.0519. The van der Waals surface area contributed by atoms with Crippen molar-refractivity contribution in [3.8, 4) is 0 Å². The van der Waals surface area contributed by atoms with Crippen molar-refractivity contribution in [2.75, 3.05) is 45.8 Å². The van der Waals surface area contributed by atoms with E-state index in [0.717, 1.165) is 37.7 Å². The van der Waals surface area contributed by atoms with Crippen molar-refractivity contribution in [3.63, 3.8) is 0 Å². The number of carbonyl (C=O) groups excluding carboxylic acids is 1. The zero-order chi connectivity index (χ0) is 15.1. The summed E-state index contributed by atoms with van der Waals surface area (Å²) in [4.78, 5) is 19.7. The quantitative estimate of drug-likeness (QED) is 0.829. The number of hydrogen-bond acceptors (Lipinski definition) is 4. The highest BCUT2D eigenvalue weighted by Gasteiger charge is 2.38. The normalized spacial score (nSPS) is 32.4. The first-order valence-corrected chi connectivity index (χ1v) is 8.52. The zero-order valence-electron chi connectivity index (χ0n) is 13.3. The van der Waals surface area contributed by atoms with E-state index in [9.17, 15) is 4.79 Å². The summed E-state index contributed by atoms with van der Waals surface area (Å²) in [5, 5.41) is 0. The SMILES string of the molecule is Cc1ccoc1C(=O)N1CCN(C2CN3CCC2CC3)CC1. The van der Waals surface area contributed by atoms with Crippen LogP contribution in [0.5, 0.6) is 0 Å². The zero-order valence-corrected chi connectivity index (χ0v) is 13.3. The van der Waals surface area contributed by atoms with Gasteiger partial charge in [0.2, 0.25) is 0 Å². The first-order valence-electron chi connectivity index (χ1n) is 8.52. The van der Waals surface area contributed by atoms with Gasteiger partial charge in [0.25, 0.3) is 5.91 Å². The van der Waals surface area contributed by atoms with Crippen molar-refractivity contribution < 1.29 is 9.21 Å². The van der Waals surface area contributed by atoms with Gasteiger partial charge in [0.15, 0.2) is 5.76 Å². The number of fused-ring (bicyclic) bond motifs is 3. The second-order valence-corrected chi connectivity index (χ2v) is 6.97. The Kier molecular flexibility index (Phi) is 3.70. The maximum atomic E-state index is 12.5. The molecule has 1 amide bonds. The molecule has 1 unspecified atom stereocenters. The van der Waals surface area contributed by atoms with Gasteiger partial charge >= 0.3 is 0 Å². The Bertz CT molecular complexity index is 540. The maximum absolute atomic E-state index is 12.5. The minimum Gasteiger partial charge on any atom is -0.459 e. The van der Waals surface area contributed by atoms with Crippen LogP contribution in [0.4, 0.5) is 0 Å². The largest absolute Gasteiger partial charge is 0.459 e. The van der Waals surface area contributed by atoms with Gasteiger partial charge in [-0.25, -0.2) is 0 Å². The number of nitrogens with zero attached hydrogens (tertiary/aromatic N) is 3. The minimum atomic E-state index is 0.0519. The van der Waals surface area contributed by atoms with Crippen molar-refractivity contribution in [1.82, 2.24) is 14.7 Å². The van der Waals surface area contributed by atoms with Gasteiger partial charge in [0, 0.05) is 44.3 Å². The molecule has 4 fully saturated rings. The first kappa shape index (κ1) is 14.3. The lowest BCUT2D eigenvalue weighted by molar-refractivity contribution is -0.0135. The molecule has 22 heavy (non-hydrogen) atoms. The second kappa shape index (κ2) is 5.70. The lowest BCUT2D eigenvalue weighted by atomic mass is 9.83. The van der Waals surface area contributed by atoms with Gasteiger partial charge in [-0.2, -0.15) is 0 Å². The molecule has 4 saturated heterocycles. The molecule has 1 aromatic rings. The number of piperidine rings is 3. The summed E-state index contributed by atoms with van der Waals surface area (Å²) < 4.78 is 5.35. The smallest absolute Gasteiger partial charge is 0.289 e. The van der Waals surface area contributed by atoms with Crippen molar-refractivity contribution in [1.29, 1.82) is 0 Å². The van der Waals surface area contributed by atoms with Crippen molar-refractivity contribution >= 4 is 5.91 Å². The summed E-state index contributed by atoms with van der Waals surface area (Å²) in [6, 6.07) is 2.57.